The molecular weight excluding hydrogens is 370 g/mol. The van der Waals surface area contributed by atoms with Gasteiger partial charge in [-0.25, -0.2) is 4.79 Å². The Hall–Kier alpha value is -3.06. The van der Waals surface area contributed by atoms with E-state index >= 15 is 0 Å². The van der Waals surface area contributed by atoms with Gasteiger partial charge in [0.2, 0.25) is 11.8 Å². The first kappa shape index (κ1) is 18.7. The molecule has 0 saturated heterocycles. The number of hydrogen-bond donors (Lipinski definition) is 1. The fraction of sp³-hybridized carbons (Fsp3) is 0.211. The first-order valence-corrected chi connectivity index (χ1v) is 8.69. The highest BCUT2D eigenvalue weighted by Crippen LogP contribution is 2.14. The molecule has 2 aromatic carbocycles. The number of nitrogens with zero attached hydrogens (tertiary/aromatic N) is 2. The molecule has 0 fully saturated rings. The molecule has 0 bridgehead atoms. The third-order valence-electron chi connectivity index (χ3n) is 4.06. The molecule has 0 aliphatic carbocycles. The average Bonchev–Trinajstić information content (AvgIpc) is 2.96. The fourth-order valence-corrected chi connectivity index (χ4v) is 2.79. The van der Waals surface area contributed by atoms with Gasteiger partial charge in [-0.3, -0.25) is 14.2 Å². The zero-order chi connectivity index (χ0) is 19.4. The number of nitrogens with one attached hydrogen (secondary N) is 1. The van der Waals surface area contributed by atoms with Gasteiger partial charge in [0.1, 0.15) is 0 Å². The summed E-state index contributed by atoms with van der Waals surface area (Å²) in [7, 11) is 1.54. The summed E-state index contributed by atoms with van der Waals surface area (Å²) >= 11 is 5.80. The smallest absolute Gasteiger partial charge is 0.408 e. The van der Waals surface area contributed by atoms with Gasteiger partial charge in [-0.2, -0.15) is 0 Å². The Bertz CT molecular complexity index is 1020. The van der Waals surface area contributed by atoms with Crippen LogP contribution in [0.5, 0.6) is 0 Å². The second-order valence-electron chi connectivity index (χ2n) is 6.04. The SMILES string of the molecule is CN(CC(=O)Nc1ccc(Cl)cc1)C(=O)CCn1c(=O)oc2ccccc21. The van der Waals surface area contributed by atoms with Crippen LogP contribution in [0.25, 0.3) is 11.1 Å². The van der Waals surface area contributed by atoms with Crippen molar-refractivity contribution >= 4 is 40.2 Å². The molecule has 27 heavy (non-hydrogen) atoms. The van der Waals surface area contributed by atoms with Gasteiger partial charge in [0.15, 0.2) is 5.58 Å². The number of aromatic nitrogens is 1. The second kappa shape index (κ2) is 8.09. The van der Waals surface area contributed by atoms with E-state index in [0.29, 0.717) is 21.8 Å². The van der Waals surface area contributed by atoms with Crippen LogP contribution in [0.3, 0.4) is 0 Å². The van der Waals surface area contributed by atoms with Crippen molar-refractivity contribution in [1.82, 2.24) is 9.47 Å². The minimum atomic E-state index is -0.507. The van der Waals surface area contributed by atoms with E-state index in [2.05, 4.69) is 5.32 Å². The lowest BCUT2D eigenvalue weighted by atomic mass is 10.3. The quantitative estimate of drug-likeness (QED) is 0.704. The molecule has 2 amide bonds. The number of rotatable bonds is 6. The van der Waals surface area contributed by atoms with E-state index in [1.807, 2.05) is 0 Å². The highest BCUT2D eigenvalue weighted by Gasteiger charge is 2.15. The van der Waals surface area contributed by atoms with E-state index in [1.165, 1.54) is 9.47 Å². The molecule has 0 aliphatic heterocycles. The van der Waals surface area contributed by atoms with Crippen LogP contribution in [0.1, 0.15) is 6.42 Å². The van der Waals surface area contributed by atoms with Crippen LogP contribution in [0.2, 0.25) is 5.02 Å². The molecule has 0 saturated carbocycles. The molecule has 1 aromatic heterocycles. The van der Waals surface area contributed by atoms with Crippen molar-refractivity contribution in [2.75, 3.05) is 18.9 Å². The van der Waals surface area contributed by atoms with Gasteiger partial charge in [0, 0.05) is 30.7 Å². The molecular formula is C19H18ClN3O4. The summed E-state index contributed by atoms with van der Waals surface area (Å²) in [4.78, 5) is 37.6. The number of para-hydroxylation sites is 2. The topological polar surface area (TPSA) is 84.5 Å². The minimum absolute atomic E-state index is 0.0775. The van der Waals surface area contributed by atoms with Crippen molar-refractivity contribution < 1.29 is 14.0 Å². The summed E-state index contributed by atoms with van der Waals surface area (Å²) in [5.41, 5.74) is 1.71. The van der Waals surface area contributed by atoms with Crippen LogP contribution in [0.15, 0.2) is 57.7 Å². The van der Waals surface area contributed by atoms with Crippen LogP contribution < -0.4 is 11.1 Å². The maximum atomic E-state index is 12.3. The van der Waals surface area contributed by atoms with Gasteiger partial charge in [-0.05, 0) is 36.4 Å². The molecule has 3 aromatic rings. The lowest BCUT2D eigenvalue weighted by Gasteiger charge is -2.17. The number of oxazole rings is 1. The number of carbonyl (C=O) groups excluding carboxylic acids is 2. The summed E-state index contributed by atoms with van der Waals surface area (Å²) in [5.74, 6) is -1.08. The lowest BCUT2D eigenvalue weighted by molar-refractivity contribution is -0.133. The van der Waals surface area contributed by atoms with Crippen LogP contribution in [0, 0.1) is 0 Å². The summed E-state index contributed by atoms with van der Waals surface area (Å²) in [6, 6.07) is 13.7. The maximum absolute atomic E-state index is 12.3. The Morgan fingerprint density at radius 3 is 2.59 bits per heavy atom. The van der Waals surface area contributed by atoms with Crippen molar-refractivity contribution in [2.45, 2.75) is 13.0 Å². The molecule has 7 nitrogen and oxygen atoms in total. The molecule has 1 heterocycles. The number of likely N-dealkylation sites (N-methyl/N-ethyl adjacent to an activating group) is 1. The van der Waals surface area contributed by atoms with E-state index in [9.17, 15) is 14.4 Å². The van der Waals surface area contributed by atoms with Gasteiger partial charge >= 0.3 is 5.76 Å². The predicted octanol–water partition coefficient (Wildman–Crippen LogP) is 2.74. The monoisotopic (exact) mass is 387 g/mol. The number of hydrogen-bond acceptors (Lipinski definition) is 4. The molecule has 140 valence electrons. The largest absolute Gasteiger partial charge is 0.419 e. The first-order chi connectivity index (χ1) is 12.9. The van der Waals surface area contributed by atoms with Gasteiger partial charge in [-0.1, -0.05) is 23.7 Å². The standard InChI is InChI=1S/C19H18ClN3O4/c1-22(12-17(24)21-14-8-6-13(20)7-9-14)18(25)10-11-23-15-4-2-3-5-16(15)27-19(23)26/h2-9H,10-12H2,1H3,(H,21,24). The van der Waals surface area contributed by atoms with Crippen molar-refractivity contribution in [1.29, 1.82) is 0 Å². The van der Waals surface area contributed by atoms with Gasteiger partial charge < -0.3 is 14.6 Å². The summed E-state index contributed by atoms with van der Waals surface area (Å²) < 4.78 is 6.55. The maximum Gasteiger partial charge on any atom is 0.419 e. The van der Waals surface area contributed by atoms with E-state index in [4.69, 9.17) is 16.0 Å². The molecule has 0 spiro atoms. The number of fused-ring (bicyclic) bond motifs is 1. The third-order valence-corrected chi connectivity index (χ3v) is 4.31. The van der Waals surface area contributed by atoms with Gasteiger partial charge in [-0.15, -0.1) is 0 Å². The highest BCUT2D eigenvalue weighted by molar-refractivity contribution is 6.30. The number of anilines is 1. The number of halogens is 1. The number of amides is 2. The Morgan fingerprint density at radius 1 is 1.15 bits per heavy atom. The van der Waals surface area contributed by atoms with Crippen LogP contribution in [0.4, 0.5) is 5.69 Å². The normalized spacial score (nSPS) is 10.7. The zero-order valence-corrected chi connectivity index (χ0v) is 15.4. The molecule has 8 heteroatoms. The summed E-state index contributed by atoms with van der Waals surface area (Å²) in [6.45, 7) is 0.0836. The fourth-order valence-electron chi connectivity index (χ4n) is 2.66. The van der Waals surface area contributed by atoms with Gasteiger partial charge in [0.25, 0.3) is 0 Å². The Balaban J connectivity index is 1.55. The zero-order valence-electron chi connectivity index (χ0n) is 14.6. The predicted molar refractivity (Wildman–Crippen MR) is 103 cm³/mol. The Morgan fingerprint density at radius 2 is 1.85 bits per heavy atom. The molecule has 0 radical (unpaired) electrons. The third kappa shape index (κ3) is 4.57. The van der Waals surface area contributed by atoms with Gasteiger partial charge in [0.05, 0.1) is 12.1 Å². The van der Waals surface area contributed by atoms with Crippen LogP contribution in [-0.2, 0) is 16.1 Å². The summed E-state index contributed by atoms with van der Waals surface area (Å²) in [6.07, 6.45) is 0.0775. The molecule has 1 N–H and O–H groups in total. The highest BCUT2D eigenvalue weighted by atomic mass is 35.5. The second-order valence-corrected chi connectivity index (χ2v) is 6.48. The molecule has 0 aliphatic rings. The van der Waals surface area contributed by atoms with E-state index in [-0.39, 0.29) is 31.3 Å². The van der Waals surface area contributed by atoms with E-state index < -0.39 is 5.76 Å². The minimum Gasteiger partial charge on any atom is -0.408 e. The van der Waals surface area contributed by atoms with Crippen molar-refractivity contribution in [3.05, 3.63) is 64.1 Å². The van der Waals surface area contributed by atoms with Crippen molar-refractivity contribution in [2.24, 2.45) is 0 Å². The number of benzene rings is 2. The lowest BCUT2D eigenvalue weighted by Crippen LogP contribution is -2.35. The molecule has 0 atom stereocenters. The van der Waals surface area contributed by atoms with Crippen molar-refractivity contribution in [3.8, 4) is 0 Å². The number of carbonyl (C=O) groups is 2. The first-order valence-electron chi connectivity index (χ1n) is 8.32. The van der Waals surface area contributed by atoms with Crippen LogP contribution in [-0.4, -0.2) is 34.9 Å². The Labute approximate surface area is 160 Å². The van der Waals surface area contributed by atoms with Crippen LogP contribution >= 0.6 is 11.6 Å². The van der Waals surface area contributed by atoms with E-state index in [1.54, 1.807) is 55.6 Å². The van der Waals surface area contributed by atoms with Crippen molar-refractivity contribution in [3.63, 3.8) is 0 Å². The number of aryl methyl sites for hydroxylation is 1. The van der Waals surface area contributed by atoms with E-state index in [0.717, 1.165) is 0 Å². The molecule has 0 unspecified atom stereocenters. The average molecular weight is 388 g/mol. The molecule has 3 rings (SSSR count). The Kier molecular flexibility index (Phi) is 5.61. The summed E-state index contributed by atoms with van der Waals surface area (Å²) in [5, 5.41) is 3.27.